The van der Waals surface area contributed by atoms with E-state index < -0.39 is 75.3 Å². The number of H-pyrrole nitrogens is 1. The lowest BCUT2D eigenvalue weighted by molar-refractivity contribution is -0.0565. The normalized spacial score (nSPS) is 36.6. The van der Waals surface area contributed by atoms with Crippen LogP contribution in [-0.4, -0.2) is 87.9 Å². The van der Waals surface area contributed by atoms with Crippen molar-refractivity contribution < 1.29 is 41.8 Å². The van der Waals surface area contributed by atoms with Gasteiger partial charge in [0.25, 0.3) is 5.56 Å². The van der Waals surface area contributed by atoms with Crippen LogP contribution in [0.4, 0.5) is 11.8 Å². The third kappa shape index (κ3) is 5.43. The lowest BCUT2D eigenvalue weighted by Crippen LogP contribution is -2.35. The lowest BCUT2D eigenvalue weighted by Gasteiger charge is -2.26. The molecule has 6 N–H and O–H groups in total. The summed E-state index contributed by atoms with van der Waals surface area (Å²) >= 11 is 8.23. The van der Waals surface area contributed by atoms with E-state index >= 15 is 0 Å². The summed E-state index contributed by atoms with van der Waals surface area (Å²) in [6.45, 7) is -9.32. The molecule has 0 aliphatic carbocycles. The molecule has 0 radical (unpaired) electrons. The highest BCUT2D eigenvalue weighted by molar-refractivity contribution is 8.44. The van der Waals surface area contributed by atoms with Gasteiger partial charge in [-0.2, -0.15) is 4.98 Å². The maximum atomic E-state index is 13.5. The molecule has 44 heavy (non-hydrogen) atoms. The first-order chi connectivity index (χ1) is 20.9. The first kappa shape index (κ1) is 30.1. The number of thiol groups is 2. The number of aromatic amines is 1. The molecule has 20 nitrogen and oxygen atoms in total. The van der Waals surface area contributed by atoms with E-state index in [1.165, 1.54) is 23.5 Å². The molecule has 24 heteroatoms. The number of nitrogen functional groups attached to an aromatic ring is 2. The largest absolute Gasteiger partial charge is 0.387 e. The molecule has 0 aromatic carbocycles. The number of aliphatic hydroxyl groups excluding tert-OH is 1. The van der Waals surface area contributed by atoms with Crippen LogP contribution in [0.1, 0.15) is 18.9 Å². The molecule has 3 aliphatic heterocycles. The van der Waals surface area contributed by atoms with Gasteiger partial charge in [0, 0.05) is 6.42 Å². The number of anilines is 2. The first-order valence-electron chi connectivity index (χ1n) is 12.8. The number of imidazole rings is 2. The minimum atomic E-state index is -4.27. The van der Waals surface area contributed by atoms with Crippen LogP contribution in [0.15, 0.2) is 23.8 Å². The maximum absolute atomic E-state index is 13.5. The van der Waals surface area contributed by atoms with Gasteiger partial charge in [0.05, 0.1) is 25.9 Å². The Bertz CT molecular complexity index is 1910. The predicted molar refractivity (Wildman–Crippen MR) is 156 cm³/mol. The van der Waals surface area contributed by atoms with Gasteiger partial charge in [-0.25, -0.2) is 29.1 Å². The highest BCUT2D eigenvalue weighted by Crippen LogP contribution is 2.60. The SMILES string of the molecule is Nc1nc2c(ncn2[C@@H]2OC3COP(=O)(S)O[C@H]4C[C@H](n5cnc6c(N)ncnc65)O[C@@H]4COP(=O)(S)O[C@@H]2[C@@H]3O)c(=O)[nH]1. The number of aliphatic hydroxyl groups is 1. The minimum absolute atomic E-state index is 0.00913. The molecular formula is C20H24N10O10P2S2. The summed E-state index contributed by atoms with van der Waals surface area (Å²) in [6.07, 6.45) is -4.10. The fourth-order valence-electron chi connectivity index (χ4n) is 5.26. The summed E-state index contributed by atoms with van der Waals surface area (Å²) in [4.78, 5) is 35.2. The zero-order chi connectivity index (χ0) is 31.0. The summed E-state index contributed by atoms with van der Waals surface area (Å²) in [6, 6.07) is 0. The van der Waals surface area contributed by atoms with Crippen LogP contribution in [0.2, 0.25) is 0 Å². The van der Waals surface area contributed by atoms with E-state index in [2.05, 4.69) is 54.4 Å². The van der Waals surface area contributed by atoms with E-state index in [4.69, 9.17) is 39.0 Å². The summed E-state index contributed by atoms with van der Waals surface area (Å²) in [7, 11) is 0. The Kier molecular flexibility index (Phi) is 7.53. The van der Waals surface area contributed by atoms with E-state index in [1.54, 1.807) is 4.57 Å². The molecule has 9 atom stereocenters. The quantitative estimate of drug-likeness (QED) is 0.124. The Morgan fingerprint density at radius 3 is 2.41 bits per heavy atom. The Morgan fingerprint density at radius 2 is 1.61 bits per heavy atom. The molecule has 7 heterocycles. The summed E-state index contributed by atoms with van der Waals surface area (Å²) in [5.41, 5.74) is 11.6. The second-order valence-corrected chi connectivity index (χ2v) is 15.8. The number of rotatable bonds is 2. The van der Waals surface area contributed by atoms with Gasteiger partial charge in [-0.05, 0) is 0 Å². The number of ether oxygens (including phenoxy) is 2. The van der Waals surface area contributed by atoms with Crippen molar-refractivity contribution in [2.24, 2.45) is 0 Å². The van der Waals surface area contributed by atoms with Crippen molar-refractivity contribution in [1.82, 2.24) is 39.0 Å². The predicted octanol–water partition coefficient (Wildman–Crippen LogP) is 0.563. The van der Waals surface area contributed by atoms with E-state index in [1.807, 2.05) is 0 Å². The number of aromatic nitrogens is 8. The second kappa shape index (κ2) is 11.0. The molecule has 3 unspecified atom stereocenters. The standard InChI is InChI=1S/C20H24N10O10P2S2/c21-15-11-16(24-4-23-15)29(5-25-11)10-1-7-8(37-10)2-35-42(34,44)40-14-13(31)9(3-36-41(33,43)39-7)38-19(14)30-6-26-12-17(30)27-20(22)28-18(12)32/h4-10,13-14,19,31H,1-3H2,(H,33,43)(H,34,44)(H2,21,23,24)(H3,22,27,28,32)/t7-,8+,9?,10+,13+,14+,19+,41?,42?/m0/s1. The summed E-state index contributed by atoms with van der Waals surface area (Å²) < 4.78 is 64.4. The summed E-state index contributed by atoms with van der Waals surface area (Å²) in [5, 5.41) is 11.1. The lowest BCUT2D eigenvalue weighted by atomic mass is 10.1. The smallest absolute Gasteiger partial charge is 0.386 e. The third-order valence-electron chi connectivity index (χ3n) is 7.24. The molecule has 4 aromatic rings. The van der Waals surface area contributed by atoms with E-state index in [0.29, 0.717) is 11.2 Å². The van der Waals surface area contributed by atoms with Gasteiger partial charge in [0.15, 0.2) is 28.9 Å². The van der Waals surface area contributed by atoms with Gasteiger partial charge in [-0.3, -0.25) is 37.0 Å². The van der Waals surface area contributed by atoms with Crippen molar-refractivity contribution in [3.8, 4) is 0 Å². The maximum Gasteiger partial charge on any atom is 0.386 e. The fourth-order valence-corrected chi connectivity index (χ4v) is 8.24. The van der Waals surface area contributed by atoms with Gasteiger partial charge in [-0.15, -0.1) is 0 Å². The molecule has 3 aliphatic rings. The van der Waals surface area contributed by atoms with Crippen LogP contribution < -0.4 is 17.0 Å². The number of hydrogen-bond donors (Lipinski definition) is 6. The zero-order valence-corrected chi connectivity index (χ0v) is 25.7. The Hall–Kier alpha value is -2.62. The monoisotopic (exact) mass is 690 g/mol. The second-order valence-electron chi connectivity index (χ2n) is 10.0. The van der Waals surface area contributed by atoms with Crippen molar-refractivity contribution in [3.05, 3.63) is 29.3 Å². The van der Waals surface area contributed by atoms with Gasteiger partial charge < -0.3 is 26.0 Å². The van der Waals surface area contributed by atoms with Gasteiger partial charge in [-0.1, -0.05) is 24.5 Å². The van der Waals surface area contributed by atoms with E-state index in [-0.39, 0.29) is 29.4 Å². The van der Waals surface area contributed by atoms with Gasteiger partial charge >= 0.3 is 13.6 Å². The summed E-state index contributed by atoms with van der Waals surface area (Å²) in [5.74, 6) is -0.0370. The Morgan fingerprint density at radius 1 is 0.909 bits per heavy atom. The van der Waals surface area contributed by atoms with Crippen molar-refractivity contribution in [2.75, 3.05) is 24.7 Å². The molecule has 2 bridgehead atoms. The Balaban J connectivity index is 1.19. The number of fused-ring (bicyclic) bond motifs is 5. The molecular weight excluding hydrogens is 666 g/mol. The Labute approximate surface area is 256 Å². The average molecular weight is 691 g/mol. The van der Waals surface area contributed by atoms with Crippen LogP contribution in [0.5, 0.6) is 0 Å². The van der Waals surface area contributed by atoms with Crippen LogP contribution in [0.3, 0.4) is 0 Å². The van der Waals surface area contributed by atoms with Crippen LogP contribution in [0.25, 0.3) is 22.3 Å². The van der Waals surface area contributed by atoms with E-state index in [0.717, 1.165) is 0 Å². The van der Waals surface area contributed by atoms with Crippen LogP contribution in [-0.2, 0) is 36.7 Å². The molecule has 0 spiro atoms. The highest BCUT2D eigenvalue weighted by atomic mass is 32.7. The van der Waals surface area contributed by atoms with Crippen LogP contribution in [0, 0.1) is 0 Å². The number of hydrogen-bond acceptors (Lipinski definition) is 17. The number of nitrogens with two attached hydrogens (primary N) is 2. The third-order valence-corrected chi connectivity index (χ3v) is 10.5. The molecule has 4 aromatic heterocycles. The number of nitrogens with zero attached hydrogens (tertiary/aromatic N) is 7. The topological polar surface area (TPSA) is 269 Å². The van der Waals surface area contributed by atoms with E-state index in [9.17, 15) is 19.0 Å². The number of nitrogens with one attached hydrogen (secondary N) is 1. The van der Waals surface area contributed by atoms with Crippen molar-refractivity contribution in [1.29, 1.82) is 0 Å². The first-order valence-corrected chi connectivity index (χ1v) is 18.2. The average Bonchev–Trinajstić information content (AvgIpc) is 3.72. The fraction of sp³-hybridized carbons (Fsp3) is 0.500. The minimum Gasteiger partial charge on any atom is -0.387 e. The highest BCUT2D eigenvalue weighted by Gasteiger charge is 2.51. The van der Waals surface area contributed by atoms with Crippen molar-refractivity contribution >= 4 is 72.2 Å². The molecule has 236 valence electrons. The molecule has 7 rings (SSSR count). The van der Waals surface area contributed by atoms with Crippen molar-refractivity contribution in [2.45, 2.75) is 49.4 Å². The zero-order valence-electron chi connectivity index (χ0n) is 22.1. The molecule has 0 amide bonds. The van der Waals surface area contributed by atoms with Crippen LogP contribution >= 0.6 is 38.1 Å². The molecule has 0 saturated carbocycles. The molecule has 3 fully saturated rings. The van der Waals surface area contributed by atoms with Gasteiger partial charge in [0.1, 0.15) is 48.6 Å². The molecule has 3 saturated heterocycles. The van der Waals surface area contributed by atoms with Gasteiger partial charge in [0.2, 0.25) is 5.95 Å². The van der Waals surface area contributed by atoms with Crippen molar-refractivity contribution in [3.63, 3.8) is 0 Å².